The fourth-order valence-electron chi connectivity index (χ4n) is 0.834. The summed E-state index contributed by atoms with van der Waals surface area (Å²) in [7, 11) is 0. The Kier molecular flexibility index (Phi) is 5.18. The summed E-state index contributed by atoms with van der Waals surface area (Å²) in [5.74, 6) is 0.665. The summed E-state index contributed by atoms with van der Waals surface area (Å²) in [6.45, 7) is 11.5. The second-order valence-corrected chi connectivity index (χ2v) is 3.91. The lowest BCUT2D eigenvalue weighted by molar-refractivity contribution is 0.102. The first-order chi connectivity index (χ1) is 5.48. The van der Waals surface area contributed by atoms with Crippen molar-refractivity contribution < 1.29 is 5.11 Å². The quantitative estimate of drug-likeness (QED) is 0.469. The van der Waals surface area contributed by atoms with Crippen LogP contribution in [0.3, 0.4) is 0 Å². The average molecular weight is 171 g/mol. The topological polar surface area (TPSA) is 32.3 Å². The van der Waals surface area contributed by atoms with Crippen LogP contribution in [0.25, 0.3) is 0 Å². The monoisotopic (exact) mass is 171 g/mol. The number of aliphatic hydroxyl groups is 1. The van der Waals surface area contributed by atoms with Crippen LogP contribution < -0.4 is 5.32 Å². The summed E-state index contributed by atoms with van der Waals surface area (Å²) in [6.07, 6.45) is 2.31. The fraction of sp³-hybridized carbons (Fsp3) is 0.800. The summed E-state index contributed by atoms with van der Waals surface area (Å²) in [5, 5.41) is 12.8. The summed E-state index contributed by atoms with van der Waals surface area (Å²) < 4.78 is 0. The van der Waals surface area contributed by atoms with E-state index in [9.17, 15) is 5.11 Å². The minimum absolute atomic E-state index is 0.665. The molecule has 2 nitrogen and oxygen atoms in total. The van der Waals surface area contributed by atoms with Gasteiger partial charge >= 0.3 is 0 Å². The van der Waals surface area contributed by atoms with Gasteiger partial charge in [0.1, 0.15) is 0 Å². The van der Waals surface area contributed by atoms with Gasteiger partial charge in [0.05, 0.1) is 5.60 Å². The van der Waals surface area contributed by atoms with Crippen LogP contribution in [0.15, 0.2) is 12.7 Å². The highest BCUT2D eigenvalue weighted by molar-refractivity contribution is 4.91. The largest absolute Gasteiger partial charge is 0.386 e. The van der Waals surface area contributed by atoms with Crippen molar-refractivity contribution in [3.8, 4) is 0 Å². The highest BCUT2D eigenvalue weighted by Crippen LogP contribution is 2.08. The van der Waals surface area contributed by atoms with Crippen molar-refractivity contribution in [2.45, 2.75) is 32.8 Å². The molecule has 0 rings (SSSR count). The Bertz CT molecular complexity index is 130. The van der Waals surface area contributed by atoms with E-state index in [2.05, 4.69) is 25.7 Å². The maximum atomic E-state index is 9.53. The number of nitrogens with one attached hydrogen (secondary N) is 1. The smallest absolute Gasteiger partial charge is 0.0809 e. The predicted octanol–water partition coefficient (Wildman–Crippen LogP) is 1.56. The molecule has 0 aromatic heterocycles. The first kappa shape index (κ1) is 11.7. The average Bonchev–Trinajstić information content (AvgIpc) is 1.98. The molecule has 0 aliphatic carbocycles. The Morgan fingerprint density at radius 1 is 1.58 bits per heavy atom. The van der Waals surface area contributed by atoms with Crippen LogP contribution in [0.1, 0.15) is 27.2 Å². The minimum atomic E-state index is -0.718. The van der Waals surface area contributed by atoms with Gasteiger partial charge in [-0.15, -0.1) is 6.58 Å². The van der Waals surface area contributed by atoms with Gasteiger partial charge in [-0.1, -0.05) is 19.9 Å². The van der Waals surface area contributed by atoms with E-state index in [-0.39, 0.29) is 0 Å². The van der Waals surface area contributed by atoms with Gasteiger partial charge in [0.15, 0.2) is 0 Å². The third kappa shape index (κ3) is 6.38. The summed E-state index contributed by atoms with van der Waals surface area (Å²) in [5.41, 5.74) is -0.718. The van der Waals surface area contributed by atoms with E-state index in [1.165, 1.54) is 0 Å². The van der Waals surface area contributed by atoms with E-state index >= 15 is 0 Å². The maximum absolute atomic E-state index is 9.53. The van der Waals surface area contributed by atoms with E-state index in [0.717, 1.165) is 19.5 Å². The van der Waals surface area contributed by atoms with Gasteiger partial charge in [-0.2, -0.15) is 0 Å². The summed E-state index contributed by atoms with van der Waals surface area (Å²) in [4.78, 5) is 0. The van der Waals surface area contributed by atoms with Crippen molar-refractivity contribution in [2.75, 3.05) is 13.1 Å². The Labute approximate surface area is 75.7 Å². The lowest BCUT2D eigenvalue weighted by atomic mass is 10.0. The molecule has 1 unspecified atom stereocenters. The first-order valence-electron chi connectivity index (χ1n) is 4.54. The summed E-state index contributed by atoms with van der Waals surface area (Å²) in [6, 6.07) is 0. The molecule has 1 atom stereocenters. The number of rotatable bonds is 6. The molecule has 0 heterocycles. The zero-order valence-corrected chi connectivity index (χ0v) is 8.43. The molecule has 0 aliphatic rings. The van der Waals surface area contributed by atoms with E-state index in [0.29, 0.717) is 5.92 Å². The molecule has 0 saturated carbocycles. The highest BCUT2D eigenvalue weighted by Gasteiger charge is 2.13. The third-order valence-electron chi connectivity index (χ3n) is 1.80. The molecular formula is C10H21NO. The van der Waals surface area contributed by atoms with Gasteiger partial charge in [-0.25, -0.2) is 0 Å². The van der Waals surface area contributed by atoms with E-state index < -0.39 is 5.60 Å². The summed E-state index contributed by atoms with van der Waals surface area (Å²) >= 11 is 0. The van der Waals surface area contributed by atoms with E-state index in [4.69, 9.17) is 0 Å². The van der Waals surface area contributed by atoms with Gasteiger partial charge < -0.3 is 10.4 Å². The molecule has 72 valence electrons. The van der Waals surface area contributed by atoms with E-state index in [1.807, 2.05) is 0 Å². The van der Waals surface area contributed by atoms with Gasteiger partial charge in [-0.3, -0.25) is 0 Å². The lowest BCUT2D eigenvalue weighted by Gasteiger charge is -2.18. The zero-order valence-electron chi connectivity index (χ0n) is 8.43. The zero-order chi connectivity index (χ0) is 9.61. The normalized spacial score (nSPS) is 16.1. The molecular weight excluding hydrogens is 150 g/mol. The molecule has 0 radical (unpaired) electrons. The Balaban J connectivity index is 3.37. The van der Waals surface area contributed by atoms with Gasteiger partial charge in [0.25, 0.3) is 0 Å². The van der Waals surface area contributed by atoms with Crippen LogP contribution in [0, 0.1) is 5.92 Å². The first-order valence-corrected chi connectivity index (χ1v) is 4.54. The van der Waals surface area contributed by atoms with Crippen LogP contribution in [-0.4, -0.2) is 23.8 Å². The maximum Gasteiger partial charge on any atom is 0.0809 e. The molecule has 0 aliphatic heterocycles. The van der Waals surface area contributed by atoms with Crippen molar-refractivity contribution in [3.05, 3.63) is 12.7 Å². The molecule has 2 N–H and O–H groups in total. The minimum Gasteiger partial charge on any atom is -0.386 e. The van der Waals surface area contributed by atoms with Crippen LogP contribution in [0.4, 0.5) is 0 Å². The van der Waals surface area contributed by atoms with Gasteiger partial charge in [0.2, 0.25) is 0 Å². The van der Waals surface area contributed by atoms with Gasteiger partial charge in [-0.05, 0) is 32.4 Å². The van der Waals surface area contributed by atoms with Gasteiger partial charge in [0, 0.05) is 0 Å². The van der Waals surface area contributed by atoms with Crippen LogP contribution in [0.5, 0.6) is 0 Å². The van der Waals surface area contributed by atoms with Crippen molar-refractivity contribution >= 4 is 0 Å². The fourth-order valence-corrected chi connectivity index (χ4v) is 0.834. The van der Waals surface area contributed by atoms with E-state index in [1.54, 1.807) is 13.0 Å². The third-order valence-corrected chi connectivity index (χ3v) is 1.80. The Morgan fingerprint density at radius 3 is 2.58 bits per heavy atom. The second kappa shape index (κ2) is 5.33. The SMILES string of the molecule is C=CC(C)(O)CCNCC(C)C. The predicted molar refractivity (Wildman–Crippen MR) is 53.1 cm³/mol. The molecule has 0 bridgehead atoms. The number of hydrogen-bond donors (Lipinski definition) is 2. The van der Waals surface area contributed by atoms with Crippen molar-refractivity contribution in [2.24, 2.45) is 5.92 Å². The van der Waals surface area contributed by atoms with Crippen molar-refractivity contribution in [3.63, 3.8) is 0 Å². The molecule has 0 aromatic carbocycles. The van der Waals surface area contributed by atoms with Crippen molar-refractivity contribution in [1.29, 1.82) is 0 Å². The molecule has 0 amide bonds. The molecule has 12 heavy (non-hydrogen) atoms. The highest BCUT2D eigenvalue weighted by atomic mass is 16.3. The molecule has 0 fully saturated rings. The molecule has 0 saturated heterocycles. The van der Waals surface area contributed by atoms with Crippen LogP contribution in [-0.2, 0) is 0 Å². The molecule has 0 spiro atoms. The van der Waals surface area contributed by atoms with Crippen LogP contribution >= 0.6 is 0 Å². The Morgan fingerprint density at radius 2 is 2.17 bits per heavy atom. The standard InChI is InChI=1S/C10H21NO/c1-5-10(4,12)6-7-11-8-9(2)3/h5,9,11-12H,1,6-8H2,2-4H3. The van der Waals surface area contributed by atoms with Crippen molar-refractivity contribution in [1.82, 2.24) is 5.32 Å². The van der Waals surface area contributed by atoms with Crippen LogP contribution in [0.2, 0.25) is 0 Å². The Hall–Kier alpha value is -0.340. The molecule has 2 heteroatoms. The number of hydrogen-bond acceptors (Lipinski definition) is 2. The second-order valence-electron chi connectivity index (χ2n) is 3.91. The molecule has 0 aromatic rings. The lowest BCUT2D eigenvalue weighted by Crippen LogP contribution is -2.29.